The number of anilines is 1. The van der Waals surface area contributed by atoms with Gasteiger partial charge in [-0.3, -0.25) is 0 Å². The van der Waals surface area contributed by atoms with Crippen molar-refractivity contribution < 1.29 is 0 Å². The van der Waals surface area contributed by atoms with Gasteiger partial charge in [-0.25, -0.2) is 0 Å². The summed E-state index contributed by atoms with van der Waals surface area (Å²) in [6.45, 7) is 1.51. The first-order chi connectivity index (χ1) is 8.72. The predicted octanol–water partition coefficient (Wildman–Crippen LogP) is 3.54. The van der Waals surface area contributed by atoms with E-state index in [0.29, 0.717) is 6.54 Å². The molecule has 1 aromatic carbocycles. The van der Waals surface area contributed by atoms with Crippen molar-refractivity contribution in [2.45, 2.75) is 13.0 Å². The highest BCUT2D eigenvalue weighted by atomic mass is 35.5. The van der Waals surface area contributed by atoms with Crippen molar-refractivity contribution in [2.24, 2.45) is 5.73 Å². The van der Waals surface area contributed by atoms with Crippen molar-refractivity contribution in [1.29, 1.82) is 0 Å². The maximum Gasteiger partial charge on any atom is 0.0519 e. The lowest BCUT2D eigenvalue weighted by molar-refractivity contribution is 0.903. The minimum Gasteiger partial charge on any atom is -0.369 e. The monoisotopic (exact) mass is 280 g/mol. The molecule has 0 radical (unpaired) electrons. The molecule has 0 bridgehead atoms. The molecule has 96 valence electrons. The molecule has 18 heavy (non-hydrogen) atoms. The van der Waals surface area contributed by atoms with Gasteiger partial charge in [-0.05, 0) is 42.1 Å². The smallest absolute Gasteiger partial charge is 0.0519 e. The fraction of sp³-hybridized carbons (Fsp3) is 0.286. The van der Waals surface area contributed by atoms with Crippen molar-refractivity contribution >= 4 is 28.6 Å². The third-order valence-electron chi connectivity index (χ3n) is 2.87. The van der Waals surface area contributed by atoms with E-state index in [0.717, 1.165) is 23.6 Å². The molecule has 0 atom stereocenters. The first-order valence-corrected chi connectivity index (χ1v) is 7.19. The van der Waals surface area contributed by atoms with Crippen LogP contribution < -0.4 is 10.6 Å². The zero-order valence-corrected chi connectivity index (χ0v) is 12.0. The van der Waals surface area contributed by atoms with Crippen LogP contribution in [0.2, 0.25) is 5.02 Å². The van der Waals surface area contributed by atoms with Gasteiger partial charge in [-0.2, -0.15) is 0 Å². The summed E-state index contributed by atoms with van der Waals surface area (Å²) < 4.78 is 0. The summed E-state index contributed by atoms with van der Waals surface area (Å²) in [7, 11) is 2.09. The van der Waals surface area contributed by atoms with Gasteiger partial charge in [0.1, 0.15) is 0 Å². The van der Waals surface area contributed by atoms with Crippen LogP contribution in [0.5, 0.6) is 0 Å². The number of rotatable bonds is 5. The minimum atomic E-state index is 0.615. The van der Waals surface area contributed by atoms with Crippen molar-refractivity contribution in [2.75, 3.05) is 18.5 Å². The zero-order chi connectivity index (χ0) is 13.0. The second-order valence-corrected chi connectivity index (χ2v) is 5.65. The standard InChI is InChI=1S/C14H17ClN2S/c1-17(10-11-4-3-9-18-11)14-6-2-5-13(15)12(14)7-8-16/h2-6,9H,7-8,10,16H2,1H3. The Bertz CT molecular complexity index is 497. The zero-order valence-electron chi connectivity index (χ0n) is 10.4. The van der Waals surface area contributed by atoms with E-state index in [2.05, 4.69) is 35.5 Å². The Balaban J connectivity index is 2.23. The van der Waals surface area contributed by atoms with Gasteiger partial charge in [0.25, 0.3) is 0 Å². The molecular weight excluding hydrogens is 264 g/mol. The van der Waals surface area contributed by atoms with Crippen LogP contribution in [-0.4, -0.2) is 13.6 Å². The van der Waals surface area contributed by atoms with E-state index in [1.165, 1.54) is 10.6 Å². The van der Waals surface area contributed by atoms with Crippen LogP contribution in [-0.2, 0) is 13.0 Å². The van der Waals surface area contributed by atoms with Crippen LogP contribution >= 0.6 is 22.9 Å². The van der Waals surface area contributed by atoms with Crippen LogP contribution in [0, 0.1) is 0 Å². The normalized spacial score (nSPS) is 10.6. The van der Waals surface area contributed by atoms with Gasteiger partial charge < -0.3 is 10.6 Å². The highest BCUT2D eigenvalue weighted by Crippen LogP contribution is 2.28. The van der Waals surface area contributed by atoms with Crippen molar-refractivity contribution in [1.82, 2.24) is 0 Å². The molecule has 1 aromatic heterocycles. The molecule has 2 nitrogen and oxygen atoms in total. The lowest BCUT2D eigenvalue weighted by Gasteiger charge is -2.22. The van der Waals surface area contributed by atoms with Crippen LogP contribution in [0.1, 0.15) is 10.4 Å². The van der Waals surface area contributed by atoms with Gasteiger partial charge in [-0.1, -0.05) is 23.7 Å². The Morgan fingerprint density at radius 1 is 1.28 bits per heavy atom. The Morgan fingerprint density at radius 2 is 2.11 bits per heavy atom. The average Bonchev–Trinajstić information content (AvgIpc) is 2.84. The number of hydrogen-bond acceptors (Lipinski definition) is 3. The molecule has 0 unspecified atom stereocenters. The van der Waals surface area contributed by atoms with Crippen molar-refractivity contribution in [3.8, 4) is 0 Å². The number of benzene rings is 1. The Hall–Kier alpha value is -1.03. The van der Waals surface area contributed by atoms with Gasteiger partial charge in [0.2, 0.25) is 0 Å². The number of nitrogens with two attached hydrogens (primary N) is 1. The average molecular weight is 281 g/mol. The van der Waals surface area contributed by atoms with E-state index in [-0.39, 0.29) is 0 Å². The van der Waals surface area contributed by atoms with Gasteiger partial charge in [0.15, 0.2) is 0 Å². The lowest BCUT2D eigenvalue weighted by atomic mass is 10.1. The molecule has 2 N–H and O–H groups in total. The molecule has 0 amide bonds. The van der Waals surface area contributed by atoms with Gasteiger partial charge in [-0.15, -0.1) is 11.3 Å². The van der Waals surface area contributed by atoms with E-state index in [1.54, 1.807) is 11.3 Å². The fourth-order valence-electron chi connectivity index (χ4n) is 2.02. The SMILES string of the molecule is CN(Cc1cccs1)c1cccc(Cl)c1CCN. The molecule has 0 aliphatic rings. The molecule has 2 aromatic rings. The van der Waals surface area contributed by atoms with Crippen LogP contribution in [0.3, 0.4) is 0 Å². The maximum atomic E-state index is 6.25. The van der Waals surface area contributed by atoms with E-state index in [4.69, 9.17) is 17.3 Å². The third-order valence-corrected chi connectivity index (χ3v) is 4.09. The highest BCUT2D eigenvalue weighted by molar-refractivity contribution is 7.09. The van der Waals surface area contributed by atoms with Gasteiger partial charge >= 0.3 is 0 Å². The number of halogens is 1. The van der Waals surface area contributed by atoms with Gasteiger partial charge in [0, 0.05) is 22.6 Å². The predicted molar refractivity (Wildman–Crippen MR) is 80.6 cm³/mol. The van der Waals surface area contributed by atoms with E-state index in [1.807, 2.05) is 12.1 Å². The second-order valence-electron chi connectivity index (χ2n) is 4.21. The summed E-state index contributed by atoms with van der Waals surface area (Å²) in [5.74, 6) is 0. The summed E-state index contributed by atoms with van der Waals surface area (Å²) in [5.41, 5.74) is 7.97. The number of hydrogen-bond donors (Lipinski definition) is 1. The van der Waals surface area contributed by atoms with E-state index in [9.17, 15) is 0 Å². The molecule has 0 aliphatic heterocycles. The topological polar surface area (TPSA) is 29.3 Å². The molecule has 0 saturated carbocycles. The summed E-state index contributed by atoms with van der Waals surface area (Å²) in [6.07, 6.45) is 0.809. The van der Waals surface area contributed by atoms with Crippen LogP contribution in [0.4, 0.5) is 5.69 Å². The van der Waals surface area contributed by atoms with Crippen molar-refractivity contribution in [3.63, 3.8) is 0 Å². The molecule has 4 heteroatoms. The minimum absolute atomic E-state index is 0.615. The van der Waals surface area contributed by atoms with Crippen LogP contribution in [0.25, 0.3) is 0 Å². The molecule has 0 fully saturated rings. The first-order valence-electron chi connectivity index (χ1n) is 5.93. The molecule has 0 spiro atoms. The summed E-state index contributed by atoms with van der Waals surface area (Å²) in [4.78, 5) is 3.57. The van der Waals surface area contributed by atoms with E-state index < -0.39 is 0 Å². The quantitative estimate of drug-likeness (QED) is 0.908. The van der Waals surface area contributed by atoms with Gasteiger partial charge in [0.05, 0.1) is 6.54 Å². The van der Waals surface area contributed by atoms with Crippen molar-refractivity contribution in [3.05, 3.63) is 51.2 Å². The molecular formula is C14H17ClN2S. The fourth-order valence-corrected chi connectivity index (χ4v) is 3.04. The Labute approximate surface area is 117 Å². The highest BCUT2D eigenvalue weighted by Gasteiger charge is 2.10. The van der Waals surface area contributed by atoms with E-state index >= 15 is 0 Å². The van der Waals surface area contributed by atoms with Crippen LogP contribution in [0.15, 0.2) is 35.7 Å². The summed E-state index contributed by atoms with van der Waals surface area (Å²) in [6, 6.07) is 10.2. The molecule has 0 saturated heterocycles. The Morgan fingerprint density at radius 3 is 2.78 bits per heavy atom. The first kappa shape index (κ1) is 13.4. The largest absolute Gasteiger partial charge is 0.369 e. The third kappa shape index (κ3) is 3.05. The summed E-state index contributed by atoms with van der Waals surface area (Å²) >= 11 is 8.02. The Kier molecular flexibility index (Phi) is 4.64. The number of nitrogens with zero attached hydrogens (tertiary/aromatic N) is 1. The second kappa shape index (κ2) is 6.23. The maximum absolute atomic E-state index is 6.25. The summed E-state index contributed by atoms with van der Waals surface area (Å²) in [5, 5.41) is 2.90. The molecule has 2 rings (SSSR count). The molecule has 1 heterocycles. The lowest BCUT2D eigenvalue weighted by Crippen LogP contribution is -2.18. The number of thiophene rings is 1. The molecule has 0 aliphatic carbocycles.